The van der Waals surface area contributed by atoms with E-state index in [-0.39, 0.29) is 17.7 Å². The zero-order valence-electron chi connectivity index (χ0n) is 19.2. The van der Waals surface area contributed by atoms with Crippen molar-refractivity contribution in [3.05, 3.63) is 92.9 Å². The van der Waals surface area contributed by atoms with E-state index in [0.717, 1.165) is 22.1 Å². The zero-order chi connectivity index (χ0) is 24.1. The number of aryl methyl sites for hydroxylation is 1. The van der Waals surface area contributed by atoms with Crippen LogP contribution in [0.15, 0.2) is 70.5 Å². The first-order valence-electron chi connectivity index (χ1n) is 11.1. The van der Waals surface area contributed by atoms with Gasteiger partial charge in [0.05, 0.1) is 19.5 Å². The van der Waals surface area contributed by atoms with Crippen molar-refractivity contribution < 1.29 is 9.53 Å². The molecule has 0 aliphatic rings. The molecule has 0 saturated heterocycles. The third-order valence-corrected chi connectivity index (χ3v) is 5.65. The van der Waals surface area contributed by atoms with Crippen LogP contribution in [0.3, 0.4) is 0 Å². The second-order valence-electron chi connectivity index (χ2n) is 7.95. The standard InChI is InChI=1S/C25H27N5O4/c1-3-18-9-11-20(12-10-18)27-21(31)16-30-24(32)22-23(26-17-28(22)13-14-34-2)29(25(30)33)15-19-7-5-4-6-8-19/h4-12,17H,3,13-16H2,1-2H3,(H,27,31). The molecule has 0 unspecified atom stereocenters. The summed E-state index contributed by atoms with van der Waals surface area (Å²) in [5.41, 5.74) is 2.01. The molecule has 1 N–H and O–H groups in total. The van der Waals surface area contributed by atoms with Crippen LogP contribution in [0.2, 0.25) is 0 Å². The van der Waals surface area contributed by atoms with Gasteiger partial charge in [-0.15, -0.1) is 0 Å². The Labute approximate surface area is 196 Å². The number of imidazole rings is 1. The lowest BCUT2D eigenvalue weighted by Crippen LogP contribution is -2.43. The molecule has 2 aromatic carbocycles. The van der Waals surface area contributed by atoms with Gasteiger partial charge in [0.15, 0.2) is 11.2 Å². The van der Waals surface area contributed by atoms with Crippen molar-refractivity contribution in [2.75, 3.05) is 19.0 Å². The number of nitrogens with one attached hydrogen (secondary N) is 1. The van der Waals surface area contributed by atoms with Gasteiger partial charge in [0.25, 0.3) is 5.56 Å². The third kappa shape index (κ3) is 4.84. The van der Waals surface area contributed by atoms with Crippen LogP contribution in [0.25, 0.3) is 11.2 Å². The van der Waals surface area contributed by atoms with Crippen LogP contribution in [0, 0.1) is 0 Å². The number of fused-ring (bicyclic) bond motifs is 1. The van der Waals surface area contributed by atoms with Crippen molar-refractivity contribution in [1.29, 1.82) is 0 Å². The van der Waals surface area contributed by atoms with E-state index in [4.69, 9.17) is 4.74 Å². The van der Waals surface area contributed by atoms with Gasteiger partial charge in [-0.1, -0.05) is 49.4 Å². The maximum Gasteiger partial charge on any atom is 0.333 e. The minimum atomic E-state index is -0.588. The Morgan fingerprint density at radius 3 is 2.41 bits per heavy atom. The molecule has 2 heterocycles. The van der Waals surface area contributed by atoms with Crippen LogP contribution in [-0.2, 0) is 35.6 Å². The average Bonchev–Trinajstić information content (AvgIpc) is 3.28. The van der Waals surface area contributed by atoms with E-state index in [1.165, 1.54) is 10.9 Å². The average molecular weight is 462 g/mol. The molecule has 9 heteroatoms. The van der Waals surface area contributed by atoms with Gasteiger partial charge in [-0.2, -0.15) is 0 Å². The summed E-state index contributed by atoms with van der Waals surface area (Å²) >= 11 is 0. The highest BCUT2D eigenvalue weighted by Gasteiger charge is 2.20. The molecular weight excluding hydrogens is 434 g/mol. The molecule has 2 aromatic heterocycles. The van der Waals surface area contributed by atoms with E-state index in [9.17, 15) is 14.4 Å². The Hall–Kier alpha value is -3.98. The Bertz CT molecular complexity index is 1400. The van der Waals surface area contributed by atoms with Crippen molar-refractivity contribution >= 4 is 22.8 Å². The van der Waals surface area contributed by atoms with Crippen LogP contribution < -0.4 is 16.6 Å². The first kappa shape index (κ1) is 23.2. The minimum absolute atomic E-state index is 0.220. The van der Waals surface area contributed by atoms with Gasteiger partial charge in [-0.3, -0.25) is 14.2 Å². The number of methoxy groups -OCH3 is 1. The molecule has 176 valence electrons. The Morgan fingerprint density at radius 1 is 1.00 bits per heavy atom. The van der Waals surface area contributed by atoms with E-state index < -0.39 is 23.7 Å². The first-order valence-corrected chi connectivity index (χ1v) is 11.1. The van der Waals surface area contributed by atoms with E-state index in [0.29, 0.717) is 18.8 Å². The molecule has 0 aliphatic heterocycles. The fourth-order valence-electron chi connectivity index (χ4n) is 3.81. The van der Waals surface area contributed by atoms with Crippen molar-refractivity contribution in [2.45, 2.75) is 33.0 Å². The third-order valence-electron chi connectivity index (χ3n) is 5.65. The number of anilines is 1. The van der Waals surface area contributed by atoms with E-state index in [1.54, 1.807) is 23.8 Å². The highest BCUT2D eigenvalue weighted by molar-refractivity contribution is 5.90. The van der Waals surface area contributed by atoms with Gasteiger partial charge < -0.3 is 14.6 Å². The summed E-state index contributed by atoms with van der Waals surface area (Å²) in [7, 11) is 1.57. The highest BCUT2D eigenvalue weighted by atomic mass is 16.5. The predicted molar refractivity (Wildman–Crippen MR) is 130 cm³/mol. The summed E-state index contributed by atoms with van der Waals surface area (Å²) in [6, 6.07) is 16.9. The van der Waals surface area contributed by atoms with Gasteiger partial charge in [0.2, 0.25) is 5.91 Å². The first-order chi connectivity index (χ1) is 16.5. The van der Waals surface area contributed by atoms with Gasteiger partial charge in [0.1, 0.15) is 6.54 Å². The molecule has 0 spiro atoms. The number of carbonyl (C=O) groups is 1. The van der Waals surface area contributed by atoms with Gasteiger partial charge >= 0.3 is 5.69 Å². The van der Waals surface area contributed by atoms with Crippen LogP contribution >= 0.6 is 0 Å². The molecule has 0 saturated carbocycles. The fourth-order valence-corrected chi connectivity index (χ4v) is 3.81. The molecule has 4 aromatic rings. The molecule has 9 nitrogen and oxygen atoms in total. The summed E-state index contributed by atoms with van der Waals surface area (Å²) < 4.78 is 9.19. The maximum atomic E-state index is 13.4. The molecule has 0 atom stereocenters. The largest absolute Gasteiger partial charge is 0.383 e. The van der Waals surface area contributed by atoms with Crippen LogP contribution in [0.1, 0.15) is 18.1 Å². The van der Waals surface area contributed by atoms with Crippen molar-refractivity contribution in [3.63, 3.8) is 0 Å². The van der Waals surface area contributed by atoms with Crippen LogP contribution in [0.4, 0.5) is 5.69 Å². The topological polar surface area (TPSA) is 100 Å². The number of carbonyl (C=O) groups excluding carboxylic acids is 1. The van der Waals surface area contributed by atoms with E-state index >= 15 is 0 Å². The van der Waals surface area contributed by atoms with E-state index in [2.05, 4.69) is 10.3 Å². The number of amides is 1. The van der Waals surface area contributed by atoms with Crippen LogP contribution in [0.5, 0.6) is 0 Å². The van der Waals surface area contributed by atoms with Crippen molar-refractivity contribution in [2.24, 2.45) is 0 Å². The lowest BCUT2D eigenvalue weighted by Gasteiger charge is -2.13. The number of rotatable bonds is 9. The fraction of sp³-hybridized carbons (Fsp3) is 0.280. The predicted octanol–water partition coefficient (Wildman–Crippen LogP) is 2.26. The second-order valence-corrected chi connectivity index (χ2v) is 7.95. The number of benzene rings is 2. The lowest BCUT2D eigenvalue weighted by atomic mass is 10.1. The van der Waals surface area contributed by atoms with Gasteiger partial charge in [-0.05, 0) is 29.7 Å². The van der Waals surface area contributed by atoms with Crippen LogP contribution in [-0.4, -0.2) is 38.3 Å². The molecule has 0 radical (unpaired) electrons. The number of nitrogens with zero attached hydrogens (tertiary/aromatic N) is 4. The smallest absolute Gasteiger partial charge is 0.333 e. The van der Waals surface area contributed by atoms with Crippen molar-refractivity contribution in [1.82, 2.24) is 18.7 Å². The SMILES string of the molecule is CCc1ccc(NC(=O)Cn2c(=O)c3c(ncn3CCOC)n(Cc3ccccc3)c2=O)cc1. The minimum Gasteiger partial charge on any atom is -0.383 e. The number of ether oxygens (including phenoxy) is 1. The second kappa shape index (κ2) is 10.3. The Morgan fingerprint density at radius 2 is 1.74 bits per heavy atom. The summed E-state index contributed by atoms with van der Waals surface area (Å²) in [5.74, 6) is -0.461. The zero-order valence-corrected chi connectivity index (χ0v) is 19.2. The lowest BCUT2D eigenvalue weighted by molar-refractivity contribution is -0.116. The monoisotopic (exact) mass is 461 g/mol. The molecule has 1 amide bonds. The normalized spacial score (nSPS) is 11.1. The quantitative estimate of drug-likeness (QED) is 0.412. The molecule has 34 heavy (non-hydrogen) atoms. The Balaban J connectivity index is 1.74. The van der Waals surface area contributed by atoms with Gasteiger partial charge in [-0.25, -0.2) is 14.3 Å². The maximum absolute atomic E-state index is 13.4. The van der Waals surface area contributed by atoms with E-state index in [1.807, 2.05) is 49.4 Å². The molecular formula is C25H27N5O4. The molecule has 0 bridgehead atoms. The number of hydrogen-bond donors (Lipinski definition) is 1. The Kier molecular flexibility index (Phi) is 7.03. The summed E-state index contributed by atoms with van der Waals surface area (Å²) in [4.78, 5) is 43.8. The molecule has 4 rings (SSSR count). The molecule has 0 aliphatic carbocycles. The summed E-state index contributed by atoms with van der Waals surface area (Å²) in [5, 5.41) is 2.77. The highest BCUT2D eigenvalue weighted by Crippen LogP contribution is 2.11. The summed E-state index contributed by atoms with van der Waals surface area (Å²) in [6.45, 7) is 2.62. The summed E-state index contributed by atoms with van der Waals surface area (Å²) in [6.07, 6.45) is 2.41. The number of aromatic nitrogens is 4. The van der Waals surface area contributed by atoms with Gasteiger partial charge in [0, 0.05) is 19.3 Å². The molecule has 0 fully saturated rings. The number of hydrogen-bond acceptors (Lipinski definition) is 5. The van der Waals surface area contributed by atoms with Crippen molar-refractivity contribution in [3.8, 4) is 0 Å².